The van der Waals surface area contributed by atoms with Gasteiger partial charge in [0.25, 0.3) is 0 Å². The van der Waals surface area contributed by atoms with E-state index in [2.05, 4.69) is 23.0 Å². The van der Waals surface area contributed by atoms with E-state index < -0.39 is 0 Å². The van der Waals surface area contributed by atoms with Gasteiger partial charge < -0.3 is 10.2 Å². The molecule has 1 aromatic carbocycles. The molecule has 1 aliphatic carbocycles. The summed E-state index contributed by atoms with van der Waals surface area (Å²) in [4.78, 5) is 26.7. The van der Waals surface area contributed by atoms with Crippen molar-refractivity contribution in [3.05, 3.63) is 30.3 Å². The minimum atomic E-state index is -0.241. The van der Waals surface area contributed by atoms with Crippen LogP contribution in [0.3, 0.4) is 0 Å². The van der Waals surface area contributed by atoms with E-state index in [0.29, 0.717) is 13.0 Å². The van der Waals surface area contributed by atoms with Gasteiger partial charge in [0, 0.05) is 31.7 Å². The van der Waals surface area contributed by atoms with Crippen molar-refractivity contribution >= 4 is 30.4 Å². The molecule has 0 aromatic heterocycles. The summed E-state index contributed by atoms with van der Waals surface area (Å²) >= 11 is 4.26. The van der Waals surface area contributed by atoms with E-state index in [1.807, 2.05) is 30.3 Å². The molecule has 1 saturated heterocycles. The van der Waals surface area contributed by atoms with Gasteiger partial charge in [-0.3, -0.25) is 9.10 Å². The average molecular weight is 390 g/mol. The Morgan fingerprint density at radius 3 is 2.59 bits per heavy atom. The maximum absolute atomic E-state index is 12.5. The molecular weight excluding hydrogens is 358 g/mol. The van der Waals surface area contributed by atoms with Gasteiger partial charge in [0.15, 0.2) is 0 Å². The molecule has 3 amide bonds. The first-order chi connectivity index (χ1) is 13.1. The number of amides is 3. The van der Waals surface area contributed by atoms with Gasteiger partial charge in [-0.15, -0.1) is 0 Å². The highest BCUT2D eigenvalue weighted by atomic mass is 32.1. The molecule has 2 unspecified atom stereocenters. The summed E-state index contributed by atoms with van der Waals surface area (Å²) in [5.41, 5.74) is 0.753. The Morgan fingerprint density at radius 2 is 1.81 bits per heavy atom. The van der Waals surface area contributed by atoms with E-state index in [9.17, 15) is 9.59 Å². The van der Waals surface area contributed by atoms with Gasteiger partial charge >= 0.3 is 6.03 Å². The maximum Gasteiger partial charge on any atom is 0.331 e. The number of hydrogen-bond donors (Lipinski definition) is 2. The topological polar surface area (TPSA) is 52.7 Å². The fourth-order valence-corrected chi connectivity index (χ4v) is 4.53. The zero-order valence-corrected chi connectivity index (χ0v) is 16.9. The summed E-state index contributed by atoms with van der Waals surface area (Å²) in [6.07, 6.45) is 8.66. The molecule has 1 N–H and O–H groups in total. The zero-order valence-electron chi connectivity index (χ0n) is 16.0. The molecule has 1 aromatic rings. The fraction of sp³-hybridized carbons (Fsp3) is 0.619. The summed E-state index contributed by atoms with van der Waals surface area (Å²) in [7, 11) is 0. The Hall–Kier alpha value is -1.69. The Balaban J connectivity index is 1.32. The van der Waals surface area contributed by atoms with Crippen LogP contribution in [0.5, 0.6) is 0 Å². The van der Waals surface area contributed by atoms with Crippen LogP contribution in [0, 0.1) is 11.8 Å². The monoisotopic (exact) mass is 389 g/mol. The first-order valence-corrected chi connectivity index (χ1v) is 10.6. The number of likely N-dealkylation sites (tertiary alicyclic amines) is 1. The third-order valence-corrected chi connectivity index (χ3v) is 6.30. The molecule has 2 aliphatic rings. The van der Waals surface area contributed by atoms with Gasteiger partial charge in [-0.1, -0.05) is 50.3 Å². The minimum Gasteiger partial charge on any atom is -0.342 e. The predicted molar refractivity (Wildman–Crippen MR) is 112 cm³/mol. The molecule has 1 aliphatic heterocycles. The molecule has 148 valence electrons. The molecular formula is C21H31N3O2S. The molecule has 2 fully saturated rings. The lowest BCUT2D eigenvalue weighted by Gasteiger charge is -2.41. The zero-order chi connectivity index (χ0) is 19.1. The molecule has 1 heterocycles. The van der Waals surface area contributed by atoms with Crippen molar-refractivity contribution in [3.63, 3.8) is 0 Å². The van der Waals surface area contributed by atoms with Crippen molar-refractivity contribution in [1.29, 1.82) is 0 Å². The van der Waals surface area contributed by atoms with Crippen molar-refractivity contribution in [2.75, 3.05) is 25.0 Å². The second kappa shape index (κ2) is 10.0. The highest BCUT2D eigenvalue weighted by molar-refractivity contribution is 7.78. The summed E-state index contributed by atoms with van der Waals surface area (Å²) in [5, 5.41) is 2.80. The van der Waals surface area contributed by atoms with Crippen molar-refractivity contribution in [1.82, 2.24) is 9.21 Å². The predicted octanol–water partition coefficient (Wildman–Crippen LogP) is 4.57. The quantitative estimate of drug-likeness (QED) is 0.553. The number of thiol groups is 1. The lowest BCUT2D eigenvalue weighted by Crippen LogP contribution is -2.44. The Bertz CT molecular complexity index is 625. The number of fused-ring (bicyclic) bond motifs is 1. The first-order valence-electron chi connectivity index (χ1n) is 10.2. The SMILES string of the molecule is O=C(Nc1ccccc1)N(S)CCCCC(=O)N1CCC2CCCCC2C1. The lowest BCUT2D eigenvalue weighted by molar-refractivity contribution is -0.134. The van der Waals surface area contributed by atoms with Crippen LogP contribution in [0.2, 0.25) is 0 Å². The van der Waals surface area contributed by atoms with E-state index in [0.717, 1.165) is 43.5 Å². The van der Waals surface area contributed by atoms with Gasteiger partial charge in [-0.25, -0.2) is 4.79 Å². The molecule has 6 heteroatoms. The number of nitrogens with one attached hydrogen (secondary N) is 1. The summed E-state index contributed by atoms with van der Waals surface area (Å²) in [6, 6.07) is 9.10. The molecule has 2 atom stereocenters. The van der Waals surface area contributed by atoms with Crippen molar-refractivity contribution in [2.45, 2.75) is 51.4 Å². The number of anilines is 1. The van der Waals surface area contributed by atoms with Crippen LogP contribution >= 0.6 is 12.8 Å². The van der Waals surface area contributed by atoms with E-state index >= 15 is 0 Å². The molecule has 1 saturated carbocycles. The van der Waals surface area contributed by atoms with Gasteiger partial charge in [0.1, 0.15) is 0 Å². The number of benzene rings is 1. The highest BCUT2D eigenvalue weighted by Gasteiger charge is 2.32. The third-order valence-electron chi connectivity index (χ3n) is 5.91. The van der Waals surface area contributed by atoms with Crippen molar-refractivity contribution in [3.8, 4) is 0 Å². The van der Waals surface area contributed by atoms with Gasteiger partial charge in [0.2, 0.25) is 5.91 Å². The molecule has 0 radical (unpaired) electrons. The van der Waals surface area contributed by atoms with Crippen LogP contribution in [0.15, 0.2) is 30.3 Å². The number of rotatable bonds is 6. The third kappa shape index (κ3) is 5.89. The number of hydrogen-bond acceptors (Lipinski definition) is 3. The largest absolute Gasteiger partial charge is 0.342 e. The Kier molecular flexibility index (Phi) is 7.44. The van der Waals surface area contributed by atoms with Crippen molar-refractivity contribution in [2.24, 2.45) is 11.8 Å². The number of unbranched alkanes of at least 4 members (excludes halogenated alkanes) is 1. The summed E-state index contributed by atoms with van der Waals surface area (Å²) in [6.45, 7) is 2.42. The number of urea groups is 1. The highest BCUT2D eigenvalue weighted by Crippen LogP contribution is 2.36. The van der Waals surface area contributed by atoms with Crippen LogP contribution < -0.4 is 5.32 Å². The standard InChI is InChI=1S/C21H31N3O2S/c25-20(23-15-13-17-8-4-5-9-18(17)16-23)12-6-7-14-24(27)21(26)22-19-10-2-1-3-11-19/h1-3,10-11,17-18,27H,4-9,12-16H2,(H,22,26). The molecule has 0 spiro atoms. The summed E-state index contributed by atoms with van der Waals surface area (Å²) in [5.74, 6) is 1.85. The average Bonchev–Trinajstić information content (AvgIpc) is 2.71. The second-order valence-corrected chi connectivity index (χ2v) is 8.29. The summed E-state index contributed by atoms with van der Waals surface area (Å²) < 4.78 is 1.38. The van der Waals surface area contributed by atoms with Gasteiger partial charge in [-0.05, 0) is 49.7 Å². The van der Waals surface area contributed by atoms with Crippen LogP contribution in [0.1, 0.15) is 51.4 Å². The molecule has 3 rings (SSSR count). The second-order valence-electron chi connectivity index (χ2n) is 7.81. The maximum atomic E-state index is 12.5. The van der Waals surface area contributed by atoms with Crippen molar-refractivity contribution < 1.29 is 9.59 Å². The first kappa shape index (κ1) is 20.1. The lowest BCUT2D eigenvalue weighted by atomic mass is 9.75. The van der Waals surface area contributed by atoms with E-state index in [4.69, 9.17) is 0 Å². The van der Waals surface area contributed by atoms with Crippen LogP contribution in [-0.4, -0.2) is 40.8 Å². The van der Waals surface area contributed by atoms with E-state index in [1.165, 1.54) is 36.4 Å². The molecule has 27 heavy (non-hydrogen) atoms. The van der Waals surface area contributed by atoms with E-state index in [-0.39, 0.29) is 11.9 Å². The molecule has 0 bridgehead atoms. The van der Waals surface area contributed by atoms with Crippen LogP contribution in [0.4, 0.5) is 10.5 Å². The minimum absolute atomic E-state index is 0.241. The number of carbonyl (C=O) groups excluding carboxylic acids is 2. The molecule has 5 nitrogen and oxygen atoms in total. The number of piperidine rings is 1. The number of nitrogens with zero attached hydrogens (tertiary/aromatic N) is 2. The Labute approximate surface area is 168 Å². The van der Waals surface area contributed by atoms with Crippen LogP contribution in [0.25, 0.3) is 0 Å². The fourth-order valence-electron chi connectivity index (χ4n) is 4.33. The Morgan fingerprint density at radius 1 is 1.07 bits per heavy atom. The normalized spacial score (nSPS) is 22.0. The smallest absolute Gasteiger partial charge is 0.331 e. The van der Waals surface area contributed by atoms with Gasteiger partial charge in [-0.2, -0.15) is 0 Å². The number of para-hydroxylation sites is 1. The number of carbonyl (C=O) groups is 2. The van der Waals surface area contributed by atoms with Gasteiger partial charge in [0.05, 0.1) is 0 Å². The van der Waals surface area contributed by atoms with E-state index in [1.54, 1.807) is 0 Å². The van der Waals surface area contributed by atoms with Crippen LogP contribution in [-0.2, 0) is 4.79 Å².